The lowest BCUT2D eigenvalue weighted by molar-refractivity contribution is -0.118. The van der Waals surface area contributed by atoms with Gasteiger partial charge in [0.25, 0.3) is 0 Å². The predicted octanol–water partition coefficient (Wildman–Crippen LogP) is 3.49. The number of hydrogen-bond acceptors (Lipinski definition) is 4. The Hall–Kier alpha value is -0.360. The molecule has 0 atom stereocenters. The number of aliphatic imine (C=N–C) groups is 1. The highest BCUT2D eigenvalue weighted by Crippen LogP contribution is 2.22. The van der Waals surface area contributed by atoms with E-state index in [1.165, 1.54) is 11.8 Å². The van der Waals surface area contributed by atoms with Crippen LogP contribution in [0.15, 0.2) is 23.2 Å². The fourth-order valence-electron chi connectivity index (χ4n) is 1.64. The number of amides is 1. The van der Waals surface area contributed by atoms with Crippen LogP contribution in [0.3, 0.4) is 0 Å². The van der Waals surface area contributed by atoms with Crippen LogP contribution in [0.4, 0.5) is 0 Å². The van der Waals surface area contributed by atoms with Crippen molar-refractivity contribution < 1.29 is 4.79 Å². The molecule has 2 rings (SSSR count). The van der Waals surface area contributed by atoms with Crippen molar-refractivity contribution in [2.75, 3.05) is 24.6 Å². The van der Waals surface area contributed by atoms with E-state index in [9.17, 15) is 4.79 Å². The van der Waals surface area contributed by atoms with Gasteiger partial charge in [-0.2, -0.15) is 0 Å². The van der Waals surface area contributed by atoms with Crippen LogP contribution in [0.1, 0.15) is 5.56 Å². The summed E-state index contributed by atoms with van der Waals surface area (Å²) in [6.07, 6.45) is 0.697. The molecule has 0 radical (unpaired) electrons. The number of hydrogen-bond donors (Lipinski definition) is 1. The molecule has 0 aromatic heterocycles. The molecule has 0 bridgehead atoms. The molecule has 108 valence electrons. The van der Waals surface area contributed by atoms with Gasteiger partial charge >= 0.3 is 0 Å². The van der Waals surface area contributed by atoms with Crippen LogP contribution in [-0.4, -0.2) is 34.9 Å². The third-order valence-electron chi connectivity index (χ3n) is 2.62. The van der Waals surface area contributed by atoms with Crippen molar-refractivity contribution in [3.8, 4) is 0 Å². The first-order chi connectivity index (χ1) is 9.65. The van der Waals surface area contributed by atoms with Crippen molar-refractivity contribution >= 4 is 57.0 Å². The SMILES string of the molecule is O=C(CSC1=NCCS1)NCCc1ccc(Cl)cc1Cl. The summed E-state index contributed by atoms with van der Waals surface area (Å²) in [5.74, 6) is 1.47. The number of halogens is 2. The van der Waals surface area contributed by atoms with Crippen molar-refractivity contribution in [2.45, 2.75) is 6.42 Å². The molecule has 20 heavy (non-hydrogen) atoms. The van der Waals surface area contributed by atoms with E-state index in [4.69, 9.17) is 23.2 Å². The van der Waals surface area contributed by atoms with E-state index in [-0.39, 0.29) is 5.91 Å². The standard InChI is InChI=1S/C13H14Cl2N2OS2/c14-10-2-1-9(11(15)7-10)3-4-16-12(18)8-20-13-17-5-6-19-13/h1-2,7H,3-6,8H2,(H,16,18). The molecule has 0 aliphatic carbocycles. The maximum absolute atomic E-state index is 11.7. The molecule has 0 saturated heterocycles. The Balaban J connectivity index is 1.68. The molecule has 0 saturated carbocycles. The number of nitrogens with zero attached hydrogens (tertiary/aromatic N) is 1. The minimum atomic E-state index is 0.0234. The zero-order chi connectivity index (χ0) is 14.4. The molecule has 1 aromatic carbocycles. The van der Waals surface area contributed by atoms with E-state index in [0.29, 0.717) is 28.8 Å². The molecule has 1 heterocycles. The summed E-state index contributed by atoms with van der Waals surface area (Å²) in [7, 11) is 0. The second-order valence-electron chi connectivity index (χ2n) is 4.12. The summed E-state index contributed by atoms with van der Waals surface area (Å²) in [6, 6.07) is 5.40. The average Bonchev–Trinajstić information content (AvgIpc) is 2.92. The number of carbonyl (C=O) groups is 1. The van der Waals surface area contributed by atoms with Crippen molar-refractivity contribution in [2.24, 2.45) is 4.99 Å². The van der Waals surface area contributed by atoms with Crippen LogP contribution < -0.4 is 5.32 Å². The Morgan fingerprint density at radius 1 is 1.45 bits per heavy atom. The predicted molar refractivity (Wildman–Crippen MR) is 90.4 cm³/mol. The molecule has 1 amide bonds. The van der Waals surface area contributed by atoms with Crippen molar-refractivity contribution in [3.05, 3.63) is 33.8 Å². The Kier molecular flexibility index (Phi) is 6.55. The minimum absolute atomic E-state index is 0.0234. The van der Waals surface area contributed by atoms with Crippen LogP contribution in [0.2, 0.25) is 10.0 Å². The molecule has 0 spiro atoms. The van der Waals surface area contributed by atoms with E-state index < -0.39 is 0 Å². The molecule has 7 heteroatoms. The summed E-state index contributed by atoms with van der Waals surface area (Å²) in [5.41, 5.74) is 0.986. The van der Waals surface area contributed by atoms with Crippen molar-refractivity contribution in [1.29, 1.82) is 0 Å². The van der Waals surface area contributed by atoms with E-state index in [1.54, 1.807) is 23.9 Å². The first-order valence-corrected chi connectivity index (χ1v) is 8.88. The number of benzene rings is 1. The average molecular weight is 349 g/mol. The third-order valence-corrected chi connectivity index (χ3v) is 5.46. The van der Waals surface area contributed by atoms with Gasteiger partial charge in [-0.1, -0.05) is 52.8 Å². The molecule has 0 fully saturated rings. The van der Waals surface area contributed by atoms with Crippen molar-refractivity contribution in [3.63, 3.8) is 0 Å². The lowest BCUT2D eigenvalue weighted by Crippen LogP contribution is -2.27. The fraction of sp³-hybridized carbons (Fsp3) is 0.385. The minimum Gasteiger partial charge on any atom is -0.355 e. The maximum Gasteiger partial charge on any atom is 0.230 e. The zero-order valence-electron chi connectivity index (χ0n) is 10.7. The number of rotatable bonds is 5. The van der Waals surface area contributed by atoms with Crippen LogP contribution in [0.25, 0.3) is 0 Å². The molecule has 3 nitrogen and oxygen atoms in total. The summed E-state index contributed by atoms with van der Waals surface area (Å²) in [4.78, 5) is 16.0. The van der Waals surface area contributed by atoms with Gasteiger partial charge in [-0.25, -0.2) is 0 Å². The summed E-state index contributed by atoms with van der Waals surface area (Å²) in [5, 5.41) is 4.14. The van der Waals surface area contributed by atoms with Crippen LogP contribution in [0, 0.1) is 0 Å². The lowest BCUT2D eigenvalue weighted by atomic mass is 10.1. The van der Waals surface area contributed by atoms with Gasteiger partial charge in [0.1, 0.15) is 4.38 Å². The second kappa shape index (κ2) is 8.17. The number of carbonyl (C=O) groups excluding carboxylic acids is 1. The molecular weight excluding hydrogens is 335 g/mol. The van der Waals surface area contributed by atoms with E-state index in [1.807, 2.05) is 6.07 Å². The van der Waals surface area contributed by atoms with Crippen LogP contribution in [0.5, 0.6) is 0 Å². The number of thioether (sulfide) groups is 2. The van der Waals surface area contributed by atoms with Gasteiger partial charge in [0.15, 0.2) is 0 Å². The van der Waals surface area contributed by atoms with Gasteiger partial charge in [0.05, 0.1) is 12.3 Å². The Labute approximate surface area is 136 Å². The van der Waals surface area contributed by atoms with E-state index >= 15 is 0 Å². The molecule has 1 aliphatic rings. The van der Waals surface area contributed by atoms with E-state index in [0.717, 1.165) is 22.2 Å². The molecule has 0 unspecified atom stereocenters. The molecule has 1 N–H and O–H groups in total. The van der Waals surface area contributed by atoms with Gasteiger partial charge < -0.3 is 5.32 Å². The van der Waals surface area contributed by atoms with Gasteiger partial charge in [0, 0.05) is 22.3 Å². The highest BCUT2D eigenvalue weighted by atomic mass is 35.5. The van der Waals surface area contributed by atoms with Crippen molar-refractivity contribution in [1.82, 2.24) is 5.32 Å². The first kappa shape index (κ1) is 16.0. The Morgan fingerprint density at radius 2 is 2.30 bits per heavy atom. The third kappa shape index (κ3) is 5.20. The molecule has 1 aliphatic heterocycles. The quantitative estimate of drug-likeness (QED) is 0.885. The topological polar surface area (TPSA) is 41.5 Å². The van der Waals surface area contributed by atoms with Gasteiger partial charge in [-0.15, -0.1) is 0 Å². The van der Waals surface area contributed by atoms with Crippen LogP contribution in [-0.2, 0) is 11.2 Å². The second-order valence-corrected chi connectivity index (χ2v) is 7.27. The van der Waals surface area contributed by atoms with Gasteiger partial charge in [-0.3, -0.25) is 9.79 Å². The summed E-state index contributed by atoms with van der Waals surface area (Å²) >= 11 is 15.1. The normalized spacial score (nSPS) is 14.2. The smallest absolute Gasteiger partial charge is 0.230 e. The summed E-state index contributed by atoms with van der Waals surface area (Å²) in [6.45, 7) is 1.43. The Bertz CT molecular complexity index is 523. The first-order valence-electron chi connectivity index (χ1n) is 6.16. The monoisotopic (exact) mass is 348 g/mol. The van der Waals surface area contributed by atoms with Crippen LogP contribution >= 0.6 is 46.7 Å². The van der Waals surface area contributed by atoms with E-state index in [2.05, 4.69) is 10.3 Å². The molecule has 1 aromatic rings. The zero-order valence-corrected chi connectivity index (χ0v) is 13.8. The highest BCUT2D eigenvalue weighted by Gasteiger charge is 2.10. The largest absolute Gasteiger partial charge is 0.355 e. The summed E-state index contributed by atoms with van der Waals surface area (Å²) < 4.78 is 1.01. The maximum atomic E-state index is 11.7. The number of nitrogens with one attached hydrogen (secondary N) is 1. The van der Waals surface area contributed by atoms with Gasteiger partial charge in [-0.05, 0) is 24.1 Å². The Morgan fingerprint density at radius 3 is 3.00 bits per heavy atom. The lowest BCUT2D eigenvalue weighted by Gasteiger charge is -2.07. The van der Waals surface area contributed by atoms with Gasteiger partial charge in [0.2, 0.25) is 5.91 Å². The molecular formula is C13H14Cl2N2OS2. The highest BCUT2D eigenvalue weighted by molar-refractivity contribution is 8.39. The fourth-order valence-corrected chi connectivity index (χ4v) is 3.98.